The highest BCUT2D eigenvalue weighted by Crippen LogP contribution is 2.20. The number of nitrogens with one attached hydrogen (secondary N) is 1. The molecule has 2 rings (SSSR count). The van der Waals surface area contributed by atoms with Crippen LogP contribution in [0.1, 0.15) is 37.0 Å². The topological polar surface area (TPSA) is 75.7 Å². The van der Waals surface area contributed by atoms with Crippen molar-refractivity contribution in [2.24, 2.45) is 0 Å². The van der Waals surface area contributed by atoms with Crippen LogP contribution in [0.2, 0.25) is 0 Å². The number of hydrogen-bond donors (Lipinski definition) is 1. The van der Waals surface area contributed by atoms with Crippen LogP contribution in [0.4, 0.5) is 5.69 Å². The first kappa shape index (κ1) is 20.9. The summed E-state index contributed by atoms with van der Waals surface area (Å²) < 4.78 is 32.0. The maximum absolute atomic E-state index is 12.7. The molecule has 2 aromatic carbocycles. The van der Waals surface area contributed by atoms with E-state index in [9.17, 15) is 13.2 Å². The molecule has 0 aliphatic carbocycles. The van der Waals surface area contributed by atoms with E-state index in [-0.39, 0.29) is 10.8 Å². The Balaban J connectivity index is 2.14. The molecule has 0 aliphatic rings. The number of unbranched alkanes of at least 4 members (excludes halogenated alkanes) is 1. The molecule has 0 aliphatic heterocycles. The summed E-state index contributed by atoms with van der Waals surface area (Å²) in [6, 6.07) is 13.0. The third-order valence-electron chi connectivity index (χ3n) is 4.20. The van der Waals surface area contributed by atoms with E-state index >= 15 is 0 Å². The number of nitrogens with zero attached hydrogens (tertiary/aromatic N) is 1. The molecule has 0 aromatic heterocycles. The van der Waals surface area contributed by atoms with Crippen LogP contribution >= 0.6 is 0 Å². The largest absolute Gasteiger partial charge is 0.497 e. The number of sulfonamides is 1. The van der Waals surface area contributed by atoms with Gasteiger partial charge in [0.25, 0.3) is 5.91 Å². The van der Waals surface area contributed by atoms with Crippen LogP contribution in [0, 0.1) is 0 Å². The van der Waals surface area contributed by atoms with Crippen LogP contribution in [0.5, 0.6) is 5.75 Å². The first-order valence-corrected chi connectivity index (χ1v) is 10.4. The van der Waals surface area contributed by atoms with Gasteiger partial charge in [0, 0.05) is 30.4 Å². The van der Waals surface area contributed by atoms with Crippen molar-refractivity contribution in [3.8, 4) is 5.75 Å². The van der Waals surface area contributed by atoms with Crippen molar-refractivity contribution in [3.63, 3.8) is 0 Å². The van der Waals surface area contributed by atoms with Gasteiger partial charge in [-0.05, 0) is 42.8 Å². The number of rotatable bonds is 9. The molecule has 146 valence electrons. The third kappa shape index (κ3) is 5.30. The Labute approximate surface area is 161 Å². The summed E-state index contributed by atoms with van der Waals surface area (Å²) in [7, 11) is -1.99. The smallest absolute Gasteiger partial charge is 0.255 e. The SMILES string of the molecule is CCCCN(CC)S(=O)(=O)c1ccc(C(=O)Nc2cccc(OC)c2)cc1. The molecule has 0 bridgehead atoms. The summed E-state index contributed by atoms with van der Waals surface area (Å²) in [6.45, 7) is 4.76. The fraction of sp³-hybridized carbons (Fsp3) is 0.350. The van der Waals surface area contributed by atoms with E-state index in [0.717, 1.165) is 12.8 Å². The van der Waals surface area contributed by atoms with Crippen LogP contribution < -0.4 is 10.1 Å². The average Bonchev–Trinajstić information content (AvgIpc) is 2.68. The number of carbonyl (C=O) groups excluding carboxylic acids is 1. The highest BCUT2D eigenvalue weighted by Gasteiger charge is 2.22. The molecular formula is C20H26N2O4S. The molecule has 0 saturated carbocycles. The van der Waals surface area contributed by atoms with Gasteiger partial charge in [0.15, 0.2) is 0 Å². The van der Waals surface area contributed by atoms with Crippen molar-refractivity contribution < 1.29 is 17.9 Å². The Hall–Kier alpha value is -2.38. The number of methoxy groups -OCH3 is 1. The van der Waals surface area contributed by atoms with E-state index in [0.29, 0.717) is 30.1 Å². The average molecular weight is 391 g/mol. The lowest BCUT2D eigenvalue weighted by atomic mass is 10.2. The number of ether oxygens (including phenoxy) is 1. The fourth-order valence-electron chi connectivity index (χ4n) is 2.61. The van der Waals surface area contributed by atoms with Gasteiger partial charge in [0.2, 0.25) is 10.0 Å². The quantitative estimate of drug-likeness (QED) is 0.707. The fourth-order valence-corrected chi connectivity index (χ4v) is 4.10. The van der Waals surface area contributed by atoms with E-state index in [1.54, 1.807) is 31.4 Å². The second-order valence-corrected chi connectivity index (χ2v) is 8.00. The van der Waals surface area contributed by atoms with E-state index in [1.165, 1.54) is 28.6 Å². The zero-order valence-electron chi connectivity index (χ0n) is 15.9. The molecule has 0 spiro atoms. The van der Waals surface area contributed by atoms with E-state index in [2.05, 4.69) is 5.32 Å². The molecule has 7 heteroatoms. The number of benzene rings is 2. The lowest BCUT2D eigenvalue weighted by Gasteiger charge is -2.20. The standard InChI is InChI=1S/C20H26N2O4S/c1-4-6-14-22(5-2)27(24,25)19-12-10-16(11-13-19)20(23)21-17-8-7-9-18(15-17)26-3/h7-13,15H,4-6,14H2,1-3H3,(H,21,23). The number of carbonyl (C=O) groups is 1. The van der Waals surface area contributed by atoms with Gasteiger partial charge >= 0.3 is 0 Å². The third-order valence-corrected chi connectivity index (χ3v) is 6.18. The van der Waals surface area contributed by atoms with Crippen molar-refractivity contribution >= 4 is 21.6 Å². The predicted molar refractivity (Wildman–Crippen MR) is 107 cm³/mol. The van der Waals surface area contributed by atoms with Gasteiger partial charge in [0.1, 0.15) is 5.75 Å². The van der Waals surface area contributed by atoms with Crippen LogP contribution in [0.3, 0.4) is 0 Å². The molecule has 0 saturated heterocycles. The highest BCUT2D eigenvalue weighted by molar-refractivity contribution is 7.89. The van der Waals surface area contributed by atoms with Crippen LogP contribution in [-0.4, -0.2) is 38.8 Å². The maximum Gasteiger partial charge on any atom is 0.255 e. The minimum Gasteiger partial charge on any atom is -0.497 e. The van der Waals surface area contributed by atoms with Crippen molar-refractivity contribution in [2.45, 2.75) is 31.6 Å². The second-order valence-electron chi connectivity index (χ2n) is 6.06. The molecule has 0 atom stereocenters. The van der Waals surface area contributed by atoms with Gasteiger partial charge < -0.3 is 10.1 Å². The summed E-state index contributed by atoms with van der Waals surface area (Å²) in [5.41, 5.74) is 0.987. The predicted octanol–water partition coefficient (Wildman–Crippen LogP) is 3.76. The Morgan fingerprint density at radius 2 is 1.81 bits per heavy atom. The summed E-state index contributed by atoms with van der Waals surface area (Å²) in [4.78, 5) is 12.6. The monoisotopic (exact) mass is 390 g/mol. The number of anilines is 1. The number of hydrogen-bond acceptors (Lipinski definition) is 4. The van der Waals surface area contributed by atoms with Crippen molar-refractivity contribution in [3.05, 3.63) is 54.1 Å². The Bertz CT molecular complexity index is 864. The second kappa shape index (κ2) is 9.53. The summed E-state index contributed by atoms with van der Waals surface area (Å²) >= 11 is 0. The lowest BCUT2D eigenvalue weighted by molar-refractivity contribution is 0.102. The zero-order chi connectivity index (χ0) is 19.9. The normalized spacial score (nSPS) is 11.4. The zero-order valence-corrected chi connectivity index (χ0v) is 16.8. The van der Waals surface area contributed by atoms with Gasteiger partial charge in [-0.25, -0.2) is 8.42 Å². The summed E-state index contributed by atoms with van der Waals surface area (Å²) in [5.74, 6) is 0.325. The molecular weight excluding hydrogens is 364 g/mol. The lowest BCUT2D eigenvalue weighted by Crippen LogP contribution is -2.31. The summed E-state index contributed by atoms with van der Waals surface area (Å²) in [5, 5.41) is 2.77. The van der Waals surface area contributed by atoms with Gasteiger partial charge in [-0.15, -0.1) is 0 Å². The molecule has 0 unspecified atom stereocenters. The van der Waals surface area contributed by atoms with Crippen molar-refractivity contribution in [1.82, 2.24) is 4.31 Å². The Kier molecular flexibility index (Phi) is 7.38. The minimum absolute atomic E-state index is 0.193. The van der Waals surface area contributed by atoms with Crippen LogP contribution in [0.15, 0.2) is 53.4 Å². The molecule has 0 fully saturated rings. The molecule has 1 N–H and O–H groups in total. The van der Waals surface area contributed by atoms with Crippen LogP contribution in [-0.2, 0) is 10.0 Å². The molecule has 27 heavy (non-hydrogen) atoms. The highest BCUT2D eigenvalue weighted by atomic mass is 32.2. The molecule has 0 radical (unpaired) electrons. The van der Waals surface area contributed by atoms with Gasteiger partial charge in [-0.3, -0.25) is 4.79 Å². The van der Waals surface area contributed by atoms with Crippen LogP contribution in [0.25, 0.3) is 0 Å². The summed E-state index contributed by atoms with van der Waals surface area (Å²) in [6.07, 6.45) is 1.74. The molecule has 2 aromatic rings. The number of amides is 1. The van der Waals surface area contributed by atoms with Gasteiger partial charge in [-0.2, -0.15) is 4.31 Å². The maximum atomic E-state index is 12.7. The first-order chi connectivity index (χ1) is 12.9. The molecule has 6 nitrogen and oxygen atoms in total. The van der Waals surface area contributed by atoms with Gasteiger partial charge in [-0.1, -0.05) is 26.3 Å². The van der Waals surface area contributed by atoms with Crippen molar-refractivity contribution in [2.75, 3.05) is 25.5 Å². The Morgan fingerprint density at radius 1 is 1.11 bits per heavy atom. The Morgan fingerprint density at radius 3 is 2.41 bits per heavy atom. The first-order valence-electron chi connectivity index (χ1n) is 8.98. The van der Waals surface area contributed by atoms with E-state index in [1.807, 2.05) is 13.8 Å². The minimum atomic E-state index is -3.55. The van der Waals surface area contributed by atoms with Gasteiger partial charge in [0.05, 0.1) is 12.0 Å². The molecule has 1 amide bonds. The van der Waals surface area contributed by atoms with Crippen molar-refractivity contribution in [1.29, 1.82) is 0 Å². The molecule has 0 heterocycles. The van der Waals surface area contributed by atoms with E-state index < -0.39 is 10.0 Å². The van der Waals surface area contributed by atoms with E-state index in [4.69, 9.17) is 4.74 Å².